The molecule has 0 fully saturated rings. The molecule has 0 aliphatic rings. The molecule has 9 nitrogen and oxygen atoms in total. The number of sulfonamides is 1. The average Bonchev–Trinajstić information content (AvgIpc) is 2.77. The Balaban J connectivity index is 1.74. The van der Waals surface area contributed by atoms with Crippen molar-refractivity contribution in [2.45, 2.75) is 11.1 Å². The van der Waals surface area contributed by atoms with Crippen LogP contribution in [0.15, 0.2) is 76.6 Å². The van der Waals surface area contributed by atoms with Gasteiger partial charge in [0.1, 0.15) is 5.56 Å². The number of nitrogens with one attached hydrogen (secondary N) is 4. The van der Waals surface area contributed by atoms with Crippen LogP contribution in [0.1, 0.15) is 26.3 Å². The van der Waals surface area contributed by atoms with Gasteiger partial charge >= 0.3 is 6.18 Å². The summed E-state index contributed by atoms with van der Waals surface area (Å²) in [6.07, 6.45) is -3.34. The summed E-state index contributed by atoms with van der Waals surface area (Å²) in [5.74, 6) is -1.80. The van der Waals surface area contributed by atoms with Gasteiger partial charge in [-0.15, -0.1) is 0 Å². The number of rotatable bonds is 5. The first-order chi connectivity index (χ1) is 15.5. The summed E-state index contributed by atoms with van der Waals surface area (Å²) in [6, 6.07) is 10.8. The minimum absolute atomic E-state index is 0.177. The molecule has 13 heteroatoms. The van der Waals surface area contributed by atoms with Crippen LogP contribution < -0.4 is 21.1 Å². The molecule has 1 heterocycles. The highest BCUT2D eigenvalue weighted by molar-refractivity contribution is 7.92. The summed E-state index contributed by atoms with van der Waals surface area (Å²) >= 11 is 0. The summed E-state index contributed by atoms with van der Waals surface area (Å²) in [6.45, 7) is 0. The third-order valence-corrected chi connectivity index (χ3v) is 5.58. The highest BCUT2D eigenvalue weighted by atomic mass is 32.2. The molecule has 0 saturated heterocycles. The van der Waals surface area contributed by atoms with Crippen molar-refractivity contribution in [1.29, 1.82) is 0 Å². The number of anilines is 1. The number of hydrogen-bond acceptors (Lipinski definition) is 5. The number of alkyl halides is 3. The van der Waals surface area contributed by atoms with Gasteiger partial charge in [-0.3, -0.25) is 30.0 Å². The molecule has 4 N–H and O–H groups in total. The molecule has 0 saturated carbocycles. The first-order valence-corrected chi connectivity index (χ1v) is 10.5. The van der Waals surface area contributed by atoms with E-state index in [9.17, 15) is 36.0 Å². The van der Waals surface area contributed by atoms with Gasteiger partial charge in [-0.25, -0.2) is 8.42 Å². The van der Waals surface area contributed by atoms with Crippen LogP contribution in [-0.4, -0.2) is 25.2 Å². The number of carbonyl (C=O) groups is 2. The minimum atomic E-state index is -4.66. The van der Waals surface area contributed by atoms with Gasteiger partial charge in [0.05, 0.1) is 10.5 Å². The van der Waals surface area contributed by atoms with Crippen molar-refractivity contribution in [2.75, 3.05) is 4.72 Å². The van der Waals surface area contributed by atoms with Crippen LogP contribution in [-0.2, 0) is 16.2 Å². The van der Waals surface area contributed by atoms with E-state index in [1.165, 1.54) is 30.5 Å². The van der Waals surface area contributed by atoms with Crippen LogP contribution in [0.25, 0.3) is 0 Å². The smallest absolute Gasteiger partial charge is 0.328 e. The van der Waals surface area contributed by atoms with Gasteiger partial charge in [0.15, 0.2) is 0 Å². The maximum absolute atomic E-state index is 12.9. The monoisotopic (exact) mass is 480 g/mol. The number of aromatic nitrogens is 1. The molecule has 33 heavy (non-hydrogen) atoms. The van der Waals surface area contributed by atoms with Crippen LogP contribution in [0.2, 0.25) is 0 Å². The van der Waals surface area contributed by atoms with Crippen molar-refractivity contribution in [3.8, 4) is 0 Å². The Labute approximate surface area is 184 Å². The van der Waals surface area contributed by atoms with E-state index in [1.807, 2.05) is 15.6 Å². The predicted octanol–water partition coefficient (Wildman–Crippen LogP) is 2.27. The van der Waals surface area contributed by atoms with Crippen LogP contribution >= 0.6 is 0 Å². The Bertz CT molecular complexity index is 1370. The molecule has 0 aliphatic carbocycles. The van der Waals surface area contributed by atoms with Gasteiger partial charge in [0.25, 0.3) is 27.4 Å². The molecular formula is C20H15F3N4O5S. The zero-order valence-electron chi connectivity index (χ0n) is 16.4. The number of halogens is 3. The predicted molar refractivity (Wildman–Crippen MR) is 111 cm³/mol. The van der Waals surface area contributed by atoms with Crippen LogP contribution in [0.3, 0.4) is 0 Å². The van der Waals surface area contributed by atoms with E-state index in [4.69, 9.17) is 0 Å². The van der Waals surface area contributed by atoms with Gasteiger partial charge in [0, 0.05) is 17.4 Å². The number of benzene rings is 2. The number of H-pyrrole nitrogens is 1. The first kappa shape index (κ1) is 23.5. The van der Waals surface area contributed by atoms with Crippen molar-refractivity contribution < 1.29 is 31.2 Å². The Morgan fingerprint density at radius 3 is 2.27 bits per heavy atom. The molecule has 3 aromatic rings. The molecule has 0 radical (unpaired) electrons. The Kier molecular flexibility index (Phi) is 6.53. The van der Waals surface area contributed by atoms with Gasteiger partial charge in [-0.05, 0) is 48.5 Å². The lowest BCUT2D eigenvalue weighted by Gasteiger charge is -2.12. The molecule has 172 valence electrons. The lowest BCUT2D eigenvalue weighted by atomic mass is 10.2. The summed E-state index contributed by atoms with van der Waals surface area (Å²) < 4.78 is 65.8. The molecule has 0 bridgehead atoms. The molecule has 0 atom stereocenters. The number of hydrogen-bond donors (Lipinski definition) is 4. The van der Waals surface area contributed by atoms with Crippen molar-refractivity contribution in [1.82, 2.24) is 15.8 Å². The third kappa shape index (κ3) is 5.77. The molecule has 2 amide bonds. The largest absolute Gasteiger partial charge is 0.416 e. The second-order valence-corrected chi connectivity index (χ2v) is 8.22. The quantitative estimate of drug-likeness (QED) is 0.415. The summed E-state index contributed by atoms with van der Waals surface area (Å²) in [4.78, 5) is 37.8. The fourth-order valence-corrected chi connectivity index (χ4v) is 3.73. The zero-order valence-corrected chi connectivity index (χ0v) is 17.3. The highest BCUT2D eigenvalue weighted by Gasteiger charge is 2.30. The highest BCUT2D eigenvalue weighted by Crippen LogP contribution is 2.31. The fraction of sp³-hybridized carbons (Fsp3) is 0.0500. The topological polar surface area (TPSA) is 137 Å². The van der Waals surface area contributed by atoms with Gasteiger partial charge in [-0.2, -0.15) is 13.2 Å². The average molecular weight is 480 g/mol. The van der Waals surface area contributed by atoms with E-state index in [0.29, 0.717) is 6.07 Å². The molecule has 3 rings (SSSR count). The third-order valence-electron chi connectivity index (χ3n) is 4.20. The van der Waals surface area contributed by atoms with Crippen LogP contribution in [0.4, 0.5) is 18.9 Å². The molecule has 0 aliphatic heterocycles. The maximum Gasteiger partial charge on any atom is 0.416 e. The minimum Gasteiger partial charge on any atom is -0.328 e. The number of amides is 2. The Morgan fingerprint density at radius 1 is 0.879 bits per heavy atom. The summed E-state index contributed by atoms with van der Waals surface area (Å²) in [5.41, 5.74) is 1.59. The Hall–Kier alpha value is -4.13. The van der Waals surface area contributed by atoms with E-state index in [0.717, 1.165) is 30.3 Å². The summed E-state index contributed by atoms with van der Waals surface area (Å²) in [7, 11) is -4.34. The summed E-state index contributed by atoms with van der Waals surface area (Å²) in [5, 5.41) is 0. The van der Waals surface area contributed by atoms with Crippen LogP contribution in [0.5, 0.6) is 0 Å². The van der Waals surface area contributed by atoms with Gasteiger partial charge in [-0.1, -0.05) is 12.1 Å². The van der Waals surface area contributed by atoms with E-state index in [-0.39, 0.29) is 16.8 Å². The van der Waals surface area contributed by atoms with Crippen molar-refractivity contribution in [2.24, 2.45) is 0 Å². The van der Waals surface area contributed by atoms with E-state index in [1.54, 1.807) is 0 Å². The van der Waals surface area contributed by atoms with Crippen molar-refractivity contribution in [3.05, 3.63) is 93.9 Å². The maximum atomic E-state index is 12.9. The van der Waals surface area contributed by atoms with E-state index in [2.05, 4.69) is 4.98 Å². The second-order valence-electron chi connectivity index (χ2n) is 6.53. The van der Waals surface area contributed by atoms with Crippen LogP contribution in [0, 0.1) is 0 Å². The van der Waals surface area contributed by atoms with E-state index >= 15 is 0 Å². The molecular weight excluding hydrogens is 465 g/mol. The number of hydrazine groups is 1. The number of pyridine rings is 1. The Morgan fingerprint density at radius 2 is 1.58 bits per heavy atom. The lowest BCUT2D eigenvalue weighted by Crippen LogP contribution is -2.43. The normalized spacial score (nSPS) is 11.5. The molecule has 2 aromatic carbocycles. The molecule has 0 spiro atoms. The zero-order chi connectivity index (χ0) is 24.2. The second kappa shape index (κ2) is 9.16. The van der Waals surface area contributed by atoms with Crippen molar-refractivity contribution in [3.63, 3.8) is 0 Å². The first-order valence-electron chi connectivity index (χ1n) is 9.06. The SMILES string of the molecule is O=C(NNC(=O)c1ccc[nH]c1=O)c1cccc(S(=O)(=O)Nc2cccc(C(F)(F)F)c2)c1. The molecule has 1 aromatic heterocycles. The van der Waals surface area contributed by atoms with Gasteiger partial charge < -0.3 is 4.98 Å². The fourth-order valence-electron chi connectivity index (χ4n) is 2.63. The van der Waals surface area contributed by atoms with Crippen molar-refractivity contribution >= 4 is 27.5 Å². The number of aromatic amines is 1. The number of carbonyl (C=O) groups excluding carboxylic acids is 2. The standard InChI is InChI=1S/C20H15F3N4O5S/c21-20(22,23)13-5-2-6-14(11-13)27-33(31,32)15-7-1-4-12(10-15)17(28)25-26-19(30)16-8-3-9-24-18(16)29/h1-11,27H,(H,24,29)(H,25,28)(H,26,30). The lowest BCUT2D eigenvalue weighted by molar-refractivity contribution is -0.137. The van der Waals surface area contributed by atoms with Gasteiger partial charge in [0.2, 0.25) is 0 Å². The molecule has 0 unspecified atom stereocenters. The van der Waals surface area contributed by atoms with E-state index < -0.39 is 44.0 Å².